The van der Waals surface area contributed by atoms with Gasteiger partial charge in [0.1, 0.15) is 0 Å². The van der Waals surface area contributed by atoms with Gasteiger partial charge in [0, 0.05) is 44.2 Å². The lowest BCUT2D eigenvalue weighted by atomic mass is 9.74. The van der Waals surface area contributed by atoms with Crippen LogP contribution in [-0.4, -0.2) is 54.2 Å². The number of amides is 1. The Bertz CT molecular complexity index is 932. The maximum atomic E-state index is 13.8. The topological polar surface area (TPSA) is 54.5 Å². The summed E-state index contributed by atoms with van der Waals surface area (Å²) in [6.07, 6.45) is 5.12. The minimum atomic E-state index is -4.42. The van der Waals surface area contributed by atoms with Crippen molar-refractivity contribution in [2.24, 2.45) is 17.3 Å². The van der Waals surface area contributed by atoms with Crippen LogP contribution in [0.15, 0.2) is 24.5 Å². The van der Waals surface area contributed by atoms with Crippen molar-refractivity contribution in [3.63, 3.8) is 0 Å². The number of carbonyl (C=O) groups is 1. The number of alkyl halides is 3. The molecule has 4 unspecified atom stereocenters. The number of halogens is 3. The molecule has 0 bridgehead atoms. The number of carbonyl (C=O) groups excluding carboxylic acids is 1. The highest BCUT2D eigenvalue weighted by Crippen LogP contribution is 2.47. The predicted octanol–water partition coefficient (Wildman–Crippen LogP) is 5.32. The lowest BCUT2D eigenvalue weighted by Gasteiger charge is -2.39. The molecule has 1 aliphatic carbocycles. The van der Waals surface area contributed by atoms with Crippen molar-refractivity contribution in [2.45, 2.75) is 77.6 Å². The maximum Gasteiger partial charge on any atom is 0.417 e. The van der Waals surface area contributed by atoms with Gasteiger partial charge in [0.05, 0.1) is 17.6 Å². The molecule has 1 amide bonds. The molecule has 2 aliphatic heterocycles. The van der Waals surface area contributed by atoms with Gasteiger partial charge in [-0.05, 0) is 67.6 Å². The molecule has 5 nitrogen and oxygen atoms in total. The van der Waals surface area contributed by atoms with E-state index in [9.17, 15) is 18.0 Å². The SMILES string of the molecule is CCC1COCCC1NC1CCC(C(=O)N2CC=C(c3cncc(C(F)(F)F)c3)CC2)(C(C)C)C1. The molecule has 2 fully saturated rings. The molecule has 3 aliphatic rings. The number of ether oxygens (including phenoxy) is 1. The fourth-order valence-electron chi connectivity index (χ4n) is 6.11. The average molecular weight is 494 g/mol. The second-order valence-corrected chi connectivity index (χ2v) is 10.7. The van der Waals surface area contributed by atoms with Crippen LogP contribution in [0.4, 0.5) is 13.2 Å². The minimum Gasteiger partial charge on any atom is -0.381 e. The van der Waals surface area contributed by atoms with Crippen molar-refractivity contribution in [2.75, 3.05) is 26.3 Å². The summed E-state index contributed by atoms with van der Waals surface area (Å²) in [7, 11) is 0. The van der Waals surface area contributed by atoms with Crippen LogP contribution >= 0.6 is 0 Å². The fraction of sp³-hybridized carbons (Fsp3) is 0.704. The first kappa shape index (κ1) is 26.1. The van der Waals surface area contributed by atoms with Crippen molar-refractivity contribution < 1.29 is 22.7 Å². The van der Waals surface area contributed by atoms with Crippen molar-refractivity contribution in [3.8, 4) is 0 Å². The number of hydrogen-bond acceptors (Lipinski definition) is 4. The molecule has 35 heavy (non-hydrogen) atoms. The zero-order chi connectivity index (χ0) is 25.2. The maximum absolute atomic E-state index is 13.8. The van der Waals surface area contributed by atoms with Gasteiger partial charge in [-0.15, -0.1) is 0 Å². The summed E-state index contributed by atoms with van der Waals surface area (Å²) < 4.78 is 44.9. The van der Waals surface area contributed by atoms with Gasteiger partial charge < -0.3 is 15.0 Å². The van der Waals surface area contributed by atoms with E-state index in [1.165, 1.54) is 6.20 Å². The molecular formula is C27H38F3N3O2. The monoisotopic (exact) mass is 493 g/mol. The van der Waals surface area contributed by atoms with E-state index in [1.54, 1.807) is 0 Å². The summed E-state index contributed by atoms with van der Waals surface area (Å²) in [6, 6.07) is 1.92. The Balaban J connectivity index is 1.43. The Morgan fingerprint density at radius 2 is 2.11 bits per heavy atom. The van der Waals surface area contributed by atoms with E-state index in [0.29, 0.717) is 43.1 Å². The number of rotatable bonds is 6. The lowest BCUT2D eigenvalue weighted by Crippen LogP contribution is -2.49. The van der Waals surface area contributed by atoms with Gasteiger partial charge in [0.25, 0.3) is 0 Å². The second-order valence-electron chi connectivity index (χ2n) is 10.7. The summed E-state index contributed by atoms with van der Waals surface area (Å²) >= 11 is 0. The fourth-order valence-corrected chi connectivity index (χ4v) is 6.11. The predicted molar refractivity (Wildman–Crippen MR) is 129 cm³/mol. The average Bonchev–Trinajstić information content (AvgIpc) is 3.29. The molecule has 8 heteroatoms. The van der Waals surface area contributed by atoms with Gasteiger partial charge in [-0.2, -0.15) is 13.2 Å². The normalized spacial score (nSPS) is 30.0. The molecule has 1 saturated heterocycles. The third-order valence-electron chi connectivity index (χ3n) is 8.46. The first-order valence-electron chi connectivity index (χ1n) is 13.0. The Morgan fingerprint density at radius 1 is 1.31 bits per heavy atom. The van der Waals surface area contributed by atoms with Crippen molar-refractivity contribution in [3.05, 3.63) is 35.7 Å². The van der Waals surface area contributed by atoms with E-state index in [0.717, 1.165) is 63.2 Å². The smallest absolute Gasteiger partial charge is 0.381 e. The van der Waals surface area contributed by atoms with Crippen LogP contribution in [0.25, 0.3) is 5.57 Å². The minimum absolute atomic E-state index is 0.188. The third kappa shape index (κ3) is 5.58. The van der Waals surface area contributed by atoms with Crippen LogP contribution in [0, 0.1) is 17.3 Å². The van der Waals surface area contributed by atoms with E-state index >= 15 is 0 Å². The summed E-state index contributed by atoms with van der Waals surface area (Å²) in [5.74, 6) is 0.925. The van der Waals surface area contributed by atoms with E-state index in [-0.39, 0.29) is 11.8 Å². The van der Waals surface area contributed by atoms with Gasteiger partial charge in [0.2, 0.25) is 5.91 Å². The molecule has 1 aromatic rings. The van der Waals surface area contributed by atoms with Gasteiger partial charge in [0.15, 0.2) is 0 Å². The molecule has 4 rings (SSSR count). The zero-order valence-corrected chi connectivity index (χ0v) is 21.0. The van der Waals surface area contributed by atoms with Gasteiger partial charge in [-0.1, -0.05) is 26.8 Å². The highest BCUT2D eigenvalue weighted by atomic mass is 19.4. The van der Waals surface area contributed by atoms with Crippen molar-refractivity contribution >= 4 is 11.5 Å². The Hall–Kier alpha value is -1.93. The summed E-state index contributed by atoms with van der Waals surface area (Å²) in [5.41, 5.74) is 0.167. The van der Waals surface area contributed by atoms with E-state index in [2.05, 4.69) is 31.1 Å². The molecular weight excluding hydrogens is 455 g/mol. The van der Waals surface area contributed by atoms with Gasteiger partial charge in [-0.3, -0.25) is 9.78 Å². The highest BCUT2D eigenvalue weighted by molar-refractivity contribution is 5.84. The number of pyridine rings is 1. The summed E-state index contributed by atoms with van der Waals surface area (Å²) in [5, 5.41) is 3.87. The van der Waals surface area contributed by atoms with Gasteiger partial charge in [-0.25, -0.2) is 0 Å². The van der Waals surface area contributed by atoms with Gasteiger partial charge >= 0.3 is 6.18 Å². The molecule has 3 heterocycles. The molecule has 1 N–H and O–H groups in total. The summed E-state index contributed by atoms with van der Waals surface area (Å²) in [6.45, 7) is 9.03. The van der Waals surface area contributed by atoms with Crippen LogP contribution in [0.3, 0.4) is 0 Å². The van der Waals surface area contributed by atoms with Crippen LogP contribution in [-0.2, 0) is 15.7 Å². The molecule has 1 aromatic heterocycles. The molecule has 0 radical (unpaired) electrons. The van der Waals surface area contributed by atoms with E-state index < -0.39 is 17.2 Å². The number of aromatic nitrogens is 1. The largest absolute Gasteiger partial charge is 0.417 e. The third-order valence-corrected chi connectivity index (χ3v) is 8.46. The Kier molecular flexibility index (Phi) is 7.91. The van der Waals surface area contributed by atoms with Crippen LogP contribution in [0.5, 0.6) is 0 Å². The lowest BCUT2D eigenvalue weighted by molar-refractivity contribution is -0.144. The Morgan fingerprint density at radius 3 is 2.77 bits per heavy atom. The van der Waals surface area contributed by atoms with Crippen molar-refractivity contribution in [1.29, 1.82) is 0 Å². The highest BCUT2D eigenvalue weighted by Gasteiger charge is 2.49. The molecule has 1 saturated carbocycles. The first-order valence-corrected chi connectivity index (χ1v) is 13.0. The molecule has 0 spiro atoms. The molecule has 0 aromatic carbocycles. The molecule has 194 valence electrons. The van der Waals surface area contributed by atoms with Crippen LogP contribution < -0.4 is 5.32 Å². The molecule has 4 atom stereocenters. The quantitative estimate of drug-likeness (QED) is 0.583. The van der Waals surface area contributed by atoms with Crippen LogP contribution in [0.1, 0.15) is 70.4 Å². The standard InChI is InChI=1S/C27H38F3N3O2/c1-4-19-17-35-12-8-24(19)32-23-5-9-26(14-23,18(2)3)25(34)33-10-6-20(7-11-33)21-13-22(16-31-15-21)27(28,29)30/h6,13,15-16,18-19,23-24,32H,4-5,7-12,14,17H2,1-3H3. The van der Waals surface area contributed by atoms with E-state index in [1.807, 2.05) is 11.0 Å². The number of nitrogens with zero attached hydrogens (tertiary/aromatic N) is 2. The number of hydrogen-bond donors (Lipinski definition) is 1. The first-order chi connectivity index (χ1) is 16.6. The van der Waals surface area contributed by atoms with E-state index in [4.69, 9.17) is 4.74 Å². The second kappa shape index (κ2) is 10.6. The summed E-state index contributed by atoms with van der Waals surface area (Å²) in [4.78, 5) is 19.5. The van der Waals surface area contributed by atoms with Crippen molar-refractivity contribution in [1.82, 2.24) is 15.2 Å². The zero-order valence-electron chi connectivity index (χ0n) is 21.0. The number of nitrogens with one attached hydrogen (secondary N) is 1. The Labute approximate surface area is 206 Å². The van der Waals surface area contributed by atoms with Crippen LogP contribution in [0.2, 0.25) is 0 Å².